The number of ether oxygens (including phenoxy) is 1. The maximum absolute atomic E-state index is 13.2. The summed E-state index contributed by atoms with van der Waals surface area (Å²) in [5.74, 6) is -0.0907. The Morgan fingerprint density at radius 3 is 2.65 bits per heavy atom. The minimum Gasteiger partial charge on any atom is -0.465 e. The number of carbonyl (C=O) groups excluding carboxylic acids is 1. The molecule has 0 saturated carbocycles. The first-order valence-corrected chi connectivity index (χ1v) is 7.60. The zero-order valence-corrected chi connectivity index (χ0v) is 14.1. The molecule has 1 aromatic carbocycles. The summed E-state index contributed by atoms with van der Waals surface area (Å²) in [6.45, 7) is 7.99. The van der Waals surface area contributed by atoms with Crippen LogP contribution in [0, 0.1) is 17.2 Å². The average Bonchev–Trinajstić information content (AvgIpc) is 2.32. The minimum absolute atomic E-state index is 0.184. The molecule has 0 N–H and O–H groups in total. The number of carbonyl (C=O) groups is 1. The Kier molecular flexibility index (Phi) is 6.18. The average molecular weight is 345 g/mol. The Morgan fingerprint density at radius 2 is 2.05 bits per heavy atom. The molecule has 1 aromatic rings. The lowest BCUT2D eigenvalue weighted by Crippen LogP contribution is -2.23. The summed E-state index contributed by atoms with van der Waals surface area (Å²) in [7, 11) is 0. The monoisotopic (exact) mass is 344 g/mol. The van der Waals surface area contributed by atoms with Gasteiger partial charge in [-0.05, 0) is 63.3 Å². The van der Waals surface area contributed by atoms with Crippen molar-refractivity contribution < 1.29 is 13.9 Å². The molecule has 0 aliphatic rings. The zero-order valence-electron chi connectivity index (χ0n) is 12.5. The fourth-order valence-corrected chi connectivity index (χ4v) is 2.16. The quantitative estimate of drug-likeness (QED) is 0.720. The normalized spacial score (nSPS) is 13.1. The van der Waals surface area contributed by atoms with Crippen molar-refractivity contribution >= 4 is 21.9 Å². The molecule has 0 aliphatic carbocycles. The zero-order chi connectivity index (χ0) is 15.3. The Hall–Kier alpha value is -0.900. The first-order valence-electron chi connectivity index (χ1n) is 6.81. The predicted octanol–water partition coefficient (Wildman–Crippen LogP) is 4.75. The van der Waals surface area contributed by atoms with Gasteiger partial charge < -0.3 is 4.74 Å². The molecule has 1 unspecified atom stereocenters. The van der Waals surface area contributed by atoms with Crippen LogP contribution in [0.1, 0.15) is 39.7 Å². The summed E-state index contributed by atoms with van der Waals surface area (Å²) in [6.07, 6.45) is 1.52. The number of halogens is 2. The summed E-state index contributed by atoms with van der Waals surface area (Å²) >= 11 is 3.42. The van der Waals surface area contributed by atoms with Crippen LogP contribution >= 0.6 is 15.9 Å². The van der Waals surface area contributed by atoms with Crippen LogP contribution in [-0.2, 0) is 16.0 Å². The molecule has 1 rings (SSSR count). The van der Waals surface area contributed by atoms with Crippen molar-refractivity contribution in [1.82, 2.24) is 0 Å². The van der Waals surface area contributed by atoms with E-state index in [1.54, 1.807) is 12.1 Å². The van der Waals surface area contributed by atoms with Gasteiger partial charge in [0.05, 0.1) is 12.0 Å². The molecule has 0 spiro atoms. The van der Waals surface area contributed by atoms with E-state index in [4.69, 9.17) is 4.74 Å². The summed E-state index contributed by atoms with van der Waals surface area (Å²) in [5.41, 5.74) is 0.481. The van der Waals surface area contributed by atoms with E-state index in [0.717, 1.165) is 22.9 Å². The number of hydrogen-bond acceptors (Lipinski definition) is 2. The van der Waals surface area contributed by atoms with Crippen LogP contribution in [0.15, 0.2) is 22.7 Å². The predicted molar refractivity (Wildman–Crippen MR) is 82.0 cm³/mol. The molecule has 0 radical (unpaired) electrons. The molecule has 112 valence electrons. The van der Waals surface area contributed by atoms with Crippen LogP contribution in [0.2, 0.25) is 0 Å². The Bertz CT molecular complexity index is 466. The van der Waals surface area contributed by atoms with E-state index < -0.39 is 5.41 Å². The highest BCUT2D eigenvalue weighted by molar-refractivity contribution is 9.10. The van der Waals surface area contributed by atoms with Gasteiger partial charge in [0.1, 0.15) is 5.82 Å². The Labute approximate surface area is 128 Å². The second-order valence-electron chi connectivity index (χ2n) is 6.22. The van der Waals surface area contributed by atoms with E-state index in [-0.39, 0.29) is 11.8 Å². The van der Waals surface area contributed by atoms with Crippen LogP contribution in [0.3, 0.4) is 0 Å². The highest BCUT2D eigenvalue weighted by atomic mass is 79.9. The maximum Gasteiger partial charge on any atom is 0.311 e. The van der Waals surface area contributed by atoms with Gasteiger partial charge in [0.25, 0.3) is 0 Å². The number of esters is 1. The third-order valence-electron chi connectivity index (χ3n) is 3.03. The summed E-state index contributed by atoms with van der Waals surface area (Å²) in [4.78, 5) is 11.6. The molecule has 0 fully saturated rings. The van der Waals surface area contributed by atoms with Crippen molar-refractivity contribution in [3.05, 3.63) is 34.1 Å². The number of benzene rings is 1. The van der Waals surface area contributed by atoms with E-state index in [9.17, 15) is 9.18 Å². The van der Waals surface area contributed by atoms with Gasteiger partial charge in [-0.25, -0.2) is 4.39 Å². The third-order valence-corrected chi connectivity index (χ3v) is 3.81. The molecule has 20 heavy (non-hydrogen) atoms. The van der Waals surface area contributed by atoms with Crippen LogP contribution in [0.25, 0.3) is 0 Å². The summed E-state index contributed by atoms with van der Waals surface area (Å²) < 4.78 is 19.4. The molecule has 0 amide bonds. The van der Waals surface area contributed by atoms with E-state index in [0.29, 0.717) is 12.5 Å². The Balaban J connectivity index is 2.43. The van der Waals surface area contributed by atoms with Crippen molar-refractivity contribution in [2.45, 2.75) is 40.5 Å². The highest BCUT2D eigenvalue weighted by Crippen LogP contribution is 2.22. The van der Waals surface area contributed by atoms with Crippen molar-refractivity contribution in [3.63, 3.8) is 0 Å². The summed E-state index contributed by atoms with van der Waals surface area (Å²) in [6, 6.07) is 4.70. The van der Waals surface area contributed by atoms with Crippen LogP contribution < -0.4 is 0 Å². The minimum atomic E-state index is -0.463. The largest absolute Gasteiger partial charge is 0.465 e. The fraction of sp³-hybridized carbons (Fsp3) is 0.562. The molecule has 0 aromatic heterocycles. The molecule has 2 nitrogen and oxygen atoms in total. The molecular weight excluding hydrogens is 323 g/mol. The molecule has 1 atom stereocenters. The standard InChI is InChI=1S/C16H22BrFO2/c1-11(7-8-20-15(19)16(2,3)4)9-12-10-13(18)5-6-14(12)17/h5-6,10-11H,7-9H2,1-4H3. The van der Waals surface area contributed by atoms with E-state index in [1.807, 2.05) is 20.8 Å². The van der Waals surface area contributed by atoms with Gasteiger partial charge in [-0.3, -0.25) is 4.79 Å². The second-order valence-corrected chi connectivity index (χ2v) is 7.07. The first-order chi connectivity index (χ1) is 9.20. The summed E-state index contributed by atoms with van der Waals surface area (Å²) in [5, 5.41) is 0. The molecule has 0 bridgehead atoms. The molecule has 0 aliphatic heterocycles. The van der Waals surface area contributed by atoms with Crippen molar-refractivity contribution in [2.24, 2.45) is 11.3 Å². The van der Waals surface area contributed by atoms with Crippen molar-refractivity contribution in [2.75, 3.05) is 6.61 Å². The van der Waals surface area contributed by atoms with Gasteiger partial charge >= 0.3 is 5.97 Å². The van der Waals surface area contributed by atoms with Gasteiger partial charge in [-0.2, -0.15) is 0 Å². The molecule has 0 saturated heterocycles. The Morgan fingerprint density at radius 1 is 1.40 bits per heavy atom. The SMILES string of the molecule is CC(CCOC(=O)C(C)(C)C)Cc1cc(F)ccc1Br. The highest BCUT2D eigenvalue weighted by Gasteiger charge is 2.22. The smallest absolute Gasteiger partial charge is 0.311 e. The molecule has 0 heterocycles. The van der Waals surface area contributed by atoms with Crippen LogP contribution in [-0.4, -0.2) is 12.6 Å². The third kappa shape index (κ3) is 5.61. The fourth-order valence-electron chi connectivity index (χ4n) is 1.75. The van der Waals surface area contributed by atoms with Crippen molar-refractivity contribution in [1.29, 1.82) is 0 Å². The van der Waals surface area contributed by atoms with Gasteiger partial charge in [0.15, 0.2) is 0 Å². The lowest BCUT2D eigenvalue weighted by Gasteiger charge is -2.18. The van der Waals surface area contributed by atoms with Crippen LogP contribution in [0.4, 0.5) is 4.39 Å². The lowest BCUT2D eigenvalue weighted by atomic mass is 9.97. The van der Waals surface area contributed by atoms with Crippen LogP contribution in [0.5, 0.6) is 0 Å². The van der Waals surface area contributed by atoms with Gasteiger partial charge in [-0.1, -0.05) is 22.9 Å². The second kappa shape index (κ2) is 7.21. The molecule has 4 heteroatoms. The maximum atomic E-state index is 13.2. The van der Waals surface area contributed by atoms with Gasteiger partial charge in [0.2, 0.25) is 0 Å². The molecular formula is C16H22BrFO2. The van der Waals surface area contributed by atoms with Gasteiger partial charge in [0, 0.05) is 4.47 Å². The van der Waals surface area contributed by atoms with Gasteiger partial charge in [-0.15, -0.1) is 0 Å². The van der Waals surface area contributed by atoms with Crippen molar-refractivity contribution in [3.8, 4) is 0 Å². The topological polar surface area (TPSA) is 26.3 Å². The van der Waals surface area contributed by atoms with E-state index in [2.05, 4.69) is 22.9 Å². The van der Waals surface area contributed by atoms with E-state index in [1.165, 1.54) is 6.07 Å². The first kappa shape index (κ1) is 17.2. The number of rotatable bonds is 5. The number of hydrogen-bond donors (Lipinski definition) is 0. The lowest BCUT2D eigenvalue weighted by molar-refractivity contribution is -0.153. The van der Waals surface area contributed by atoms with E-state index >= 15 is 0 Å².